The molecule has 1 aromatic carbocycles. The van der Waals surface area contributed by atoms with E-state index in [1.54, 1.807) is 0 Å². The number of benzene rings is 1. The molecule has 0 aliphatic rings. The van der Waals surface area contributed by atoms with Crippen LogP contribution in [0.4, 0.5) is 0 Å². The van der Waals surface area contributed by atoms with Gasteiger partial charge in [-0.1, -0.05) is 24.8 Å². The highest BCUT2D eigenvalue weighted by molar-refractivity contribution is 7.80. The summed E-state index contributed by atoms with van der Waals surface area (Å²) in [5.74, 6) is 0. The zero-order valence-electron chi connectivity index (χ0n) is 6.89. The Morgan fingerprint density at radius 1 is 1.27 bits per heavy atom. The molecule has 0 nitrogen and oxygen atoms in total. The molecule has 11 heavy (non-hydrogen) atoms. The van der Waals surface area contributed by atoms with Crippen LogP contribution < -0.4 is 0 Å². The molecule has 1 rings (SSSR count). The molecule has 0 amide bonds. The Kier molecular flexibility index (Phi) is 2.40. The summed E-state index contributed by atoms with van der Waals surface area (Å²) >= 11 is 4.39. The van der Waals surface area contributed by atoms with Crippen molar-refractivity contribution in [1.29, 1.82) is 0 Å². The second-order valence-electron chi connectivity index (χ2n) is 2.67. The van der Waals surface area contributed by atoms with E-state index in [9.17, 15) is 0 Å². The predicted molar refractivity (Wildman–Crippen MR) is 53.3 cm³/mol. The minimum Gasteiger partial charge on any atom is -0.143 e. The zero-order valence-corrected chi connectivity index (χ0v) is 7.78. The van der Waals surface area contributed by atoms with E-state index in [-0.39, 0.29) is 0 Å². The summed E-state index contributed by atoms with van der Waals surface area (Å²) in [5, 5.41) is 0. The Hall–Kier alpha value is -0.690. The molecule has 1 aromatic rings. The van der Waals surface area contributed by atoms with Crippen molar-refractivity contribution in [3.05, 3.63) is 35.4 Å². The maximum atomic E-state index is 4.39. The molecule has 0 radical (unpaired) electrons. The van der Waals surface area contributed by atoms with E-state index in [0.29, 0.717) is 0 Å². The van der Waals surface area contributed by atoms with Crippen molar-refractivity contribution in [3.8, 4) is 0 Å². The van der Waals surface area contributed by atoms with Crippen molar-refractivity contribution in [2.45, 2.75) is 18.7 Å². The van der Waals surface area contributed by atoms with Crippen LogP contribution in [0.2, 0.25) is 0 Å². The molecule has 1 heteroatoms. The van der Waals surface area contributed by atoms with Crippen LogP contribution in [-0.2, 0) is 0 Å². The second-order valence-corrected chi connectivity index (χ2v) is 3.11. The van der Waals surface area contributed by atoms with Gasteiger partial charge in [-0.25, -0.2) is 0 Å². The summed E-state index contributed by atoms with van der Waals surface area (Å²) in [6.45, 7) is 7.86. The van der Waals surface area contributed by atoms with Gasteiger partial charge in [-0.15, -0.1) is 12.6 Å². The van der Waals surface area contributed by atoms with Crippen molar-refractivity contribution in [2.75, 3.05) is 0 Å². The van der Waals surface area contributed by atoms with Gasteiger partial charge in [-0.3, -0.25) is 0 Å². The van der Waals surface area contributed by atoms with Gasteiger partial charge in [0.2, 0.25) is 0 Å². The maximum Gasteiger partial charge on any atom is 0.0144 e. The molecule has 0 fully saturated rings. The Labute approximate surface area is 73.4 Å². The lowest BCUT2D eigenvalue weighted by Gasteiger charge is -2.06. The highest BCUT2D eigenvalue weighted by Crippen LogP contribution is 2.22. The second kappa shape index (κ2) is 3.14. The number of aryl methyl sites for hydroxylation is 2. The van der Waals surface area contributed by atoms with Gasteiger partial charge in [0.1, 0.15) is 0 Å². The fourth-order valence-electron chi connectivity index (χ4n) is 1.08. The smallest absolute Gasteiger partial charge is 0.0144 e. The van der Waals surface area contributed by atoms with Gasteiger partial charge < -0.3 is 0 Å². The summed E-state index contributed by atoms with van der Waals surface area (Å²) in [5.41, 5.74) is 3.58. The van der Waals surface area contributed by atoms with Crippen LogP contribution in [0.25, 0.3) is 6.08 Å². The standard InChI is InChI=1S/C10H12S/c1-4-9-7(2)5-6-8(3)10(9)11/h4-6,11H,1H2,2-3H3. The molecule has 0 N–H and O–H groups in total. The minimum absolute atomic E-state index is 1.04. The third-order valence-corrected chi connectivity index (χ3v) is 2.43. The van der Waals surface area contributed by atoms with Gasteiger partial charge in [-0.05, 0) is 30.5 Å². The summed E-state index contributed by atoms with van der Waals surface area (Å²) in [4.78, 5) is 1.04. The fourth-order valence-corrected chi connectivity index (χ4v) is 1.42. The van der Waals surface area contributed by atoms with E-state index in [1.807, 2.05) is 6.08 Å². The summed E-state index contributed by atoms with van der Waals surface area (Å²) < 4.78 is 0. The number of thiol groups is 1. The number of hydrogen-bond acceptors (Lipinski definition) is 1. The lowest BCUT2D eigenvalue weighted by Crippen LogP contribution is -1.85. The summed E-state index contributed by atoms with van der Waals surface area (Å²) in [6, 6.07) is 4.16. The average Bonchev–Trinajstić information content (AvgIpc) is 1.99. The van der Waals surface area contributed by atoms with Crippen molar-refractivity contribution < 1.29 is 0 Å². The highest BCUT2D eigenvalue weighted by Gasteiger charge is 2.00. The molecule has 0 saturated heterocycles. The molecule has 0 aliphatic carbocycles. The molecule has 58 valence electrons. The van der Waals surface area contributed by atoms with E-state index < -0.39 is 0 Å². The van der Waals surface area contributed by atoms with Crippen LogP contribution in [0.15, 0.2) is 23.6 Å². The lowest BCUT2D eigenvalue weighted by molar-refractivity contribution is 1.25. The first-order valence-corrected chi connectivity index (χ1v) is 4.03. The lowest BCUT2D eigenvalue weighted by atomic mass is 10.1. The van der Waals surface area contributed by atoms with Gasteiger partial charge in [0, 0.05) is 4.90 Å². The molecular weight excluding hydrogens is 152 g/mol. The first kappa shape index (κ1) is 8.41. The third kappa shape index (κ3) is 1.48. The van der Waals surface area contributed by atoms with E-state index in [2.05, 4.69) is 45.2 Å². The fraction of sp³-hybridized carbons (Fsp3) is 0.200. The quantitative estimate of drug-likeness (QED) is 0.605. The van der Waals surface area contributed by atoms with Crippen LogP contribution in [-0.4, -0.2) is 0 Å². The summed E-state index contributed by atoms with van der Waals surface area (Å²) in [7, 11) is 0. The maximum absolute atomic E-state index is 4.39. The number of hydrogen-bond donors (Lipinski definition) is 1. The average molecular weight is 164 g/mol. The topological polar surface area (TPSA) is 0 Å². The monoisotopic (exact) mass is 164 g/mol. The van der Waals surface area contributed by atoms with Gasteiger partial charge in [0.15, 0.2) is 0 Å². The van der Waals surface area contributed by atoms with Crippen molar-refractivity contribution in [1.82, 2.24) is 0 Å². The van der Waals surface area contributed by atoms with E-state index in [1.165, 1.54) is 11.1 Å². The Morgan fingerprint density at radius 2 is 1.82 bits per heavy atom. The molecule has 0 heterocycles. The first-order valence-electron chi connectivity index (χ1n) is 3.58. The Balaban J connectivity index is 3.40. The van der Waals surface area contributed by atoms with Gasteiger partial charge >= 0.3 is 0 Å². The molecule has 0 aliphatic heterocycles. The Bertz CT molecular complexity index is 287. The Morgan fingerprint density at radius 3 is 2.27 bits per heavy atom. The summed E-state index contributed by atoms with van der Waals surface area (Å²) in [6.07, 6.45) is 1.85. The molecule has 0 spiro atoms. The van der Waals surface area contributed by atoms with Gasteiger partial charge in [-0.2, -0.15) is 0 Å². The third-order valence-electron chi connectivity index (χ3n) is 1.84. The van der Waals surface area contributed by atoms with Gasteiger partial charge in [0.05, 0.1) is 0 Å². The first-order chi connectivity index (χ1) is 5.16. The largest absolute Gasteiger partial charge is 0.143 e. The van der Waals surface area contributed by atoms with Crippen molar-refractivity contribution >= 4 is 18.7 Å². The van der Waals surface area contributed by atoms with E-state index >= 15 is 0 Å². The van der Waals surface area contributed by atoms with Crippen LogP contribution in [0.5, 0.6) is 0 Å². The van der Waals surface area contributed by atoms with Crippen molar-refractivity contribution in [3.63, 3.8) is 0 Å². The van der Waals surface area contributed by atoms with E-state index in [0.717, 1.165) is 10.5 Å². The predicted octanol–water partition coefficient (Wildman–Crippen LogP) is 3.24. The number of rotatable bonds is 1. The van der Waals surface area contributed by atoms with Crippen molar-refractivity contribution in [2.24, 2.45) is 0 Å². The van der Waals surface area contributed by atoms with Gasteiger partial charge in [0.25, 0.3) is 0 Å². The molecular formula is C10H12S. The van der Waals surface area contributed by atoms with E-state index in [4.69, 9.17) is 0 Å². The zero-order chi connectivity index (χ0) is 8.43. The van der Waals surface area contributed by atoms with Crippen LogP contribution in [0.3, 0.4) is 0 Å². The van der Waals surface area contributed by atoms with Crippen LogP contribution in [0.1, 0.15) is 16.7 Å². The molecule has 0 bridgehead atoms. The van der Waals surface area contributed by atoms with Crippen LogP contribution >= 0.6 is 12.6 Å². The molecule has 0 saturated carbocycles. The highest BCUT2D eigenvalue weighted by atomic mass is 32.1. The SMILES string of the molecule is C=Cc1c(C)ccc(C)c1S. The van der Waals surface area contributed by atoms with Crippen LogP contribution in [0, 0.1) is 13.8 Å². The minimum atomic E-state index is 1.04. The normalized spacial score (nSPS) is 9.73. The molecule has 0 unspecified atom stereocenters. The molecule has 0 aromatic heterocycles. The molecule has 0 atom stereocenters.